The maximum absolute atomic E-state index is 14.3. The third-order valence-corrected chi connectivity index (χ3v) is 4.16. The summed E-state index contributed by atoms with van der Waals surface area (Å²) in [6.45, 7) is 9.06. The van der Waals surface area contributed by atoms with Gasteiger partial charge in [-0.25, -0.2) is 4.39 Å². The zero-order chi connectivity index (χ0) is 14.5. The Morgan fingerprint density at radius 3 is 2.70 bits per heavy atom. The zero-order valence-electron chi connectivity index (χ0n) is 13.0. The van der Waals surface area contributed by atoms with Gasteiger partial charge in [-0.1, -0.05) is 32.4 Å². The molecule has 0 heterocycles. The second-order valence-corrected chi connectivity index (χ2v) is 5.95. The molecule has 1 aliphatic carbocycles. The summed E-state index contributed by atoms with van der Waals surface area (Å²) < 4.78 is 14.3. The van der Waals surface area contributed by atoms with Crippen molar-refractivity contribution in [3.05, 3.63) is 29.6 Å². The number of benzene rings is 1. The van der Waals surface area contributed by atoms with Crippen LogP contribution >= 0.6 is 0 Å². The number of nitrogens with one attached hydrogen (secondary N) is 1. The number of anilines is 1. The summed E-state index contributed by atoms with van der Waals surface area (Å²) in [5.74, 6) is 0.490. The fourth-order valence-electron chi connectivity index (χ4n) is 2.48. The Kier molecular flexibility index (Phi) is 5.41. The Labute approximate surface area is 122 Å². The first kappa shape index (κ1) is 15.3. The van der Waals surface area contributed by atoms with Gasteiger partial charge in [-0.15, -0.1) is 0 Å². The predicted octanol–water partition coefficient (Wildman–Crippen LogP) is 3.95. The number of nitrogens with zero attached hydrogens (tertiary/aromatic N) is 1. The van der Waals surface area contributed by atoms with Crippen molar-refractivity contribution >= 4 is 5.69 Å². The molecule has 112 valence electrons. The molecule has 0 radical (unpaired) electrons. The van der Waals surface area contributed by atoms with E-state index >= 15 is 0 Å². The van der Waals surface area contributed by atoms with Crippen LogP contribution in [0.5, 0.6) is 0 Å². The highest BCUT2D eigenvalue weighted by molar-refractivity contribution is 5.55. The molecule has 1 aromatic rings. The normalized spacial score (nSPS) is 16.2. The Balaban J connectivity index is 2.16. The van der Waals surface area contributed by atoms with Crippen molar-refractivity contribution in [2.24, 2.45) is 5.92 Å². The second kappa shape index (κ2) is 7.07. The highest BCUT2D eigenvalue weighted by atomic mass is 19.1. The molecule has 1 aromatic carbocycles. The summed E-state index contributed by atoms with van der Waals surface area (Å²) in [6.07, 6.45) is 3.64. The molecular weight excluding hydrogens is 251 g/mol. The molecule has 0 saturated heterocycles. The molecular formula is C17H27FN2. The van der Waals surface area contributed by atoms with Crippen molar-refractivity contribution in [3.63, 3.8) is 0 Å². The van der Waals surface area contributed by atoms with Crippen molar-refractivity contribution in [2.45, 2.75) is 52.6 Å². The van der Waals surface area contributed by atoms with Gasteiger partial charge < -0.3 is 10.2 Å². The quantitative estimate of drug-likeness (QED) is 0.774. The third-order valence-electron chi connectivity index (χ3n) is 4.16. The van der Waals surface area contributed by atoms with Gasteiger partial charge in [0.25, 0.3) is 0 Å². The number of halogens is 1. The number of hydrogen-bond acceptors (Lipinski definition) is 2. The molecule has 0 amide bonds. The highest BCUT2D eigenvalue weighted by Gasteiger charge is 2.22. The van der Waals surface area contributed by atoms with E-state index in [9.17, 15) is 4.39 Å². The molecule has 0 bridgehead atoms. The topological polar surface area (TPSA) is 15.3 Å². The standard InChI is InChI=1S/C17H27FN2/c1-4-13(3)12-20(5-2)17-14(7-6-8-16(17)18)11-19-15-9-10-15/h6-8,13,15,19H,4-5,9-12H2,1-3H3. The van der Waals surface area contributed by atoms with E-state index in [4.69, 9.17) is 0 Å². The lowest BCUT2D eigenvalue weighted by atomic mass is 10.1. The summed E-state index contributed by atoms with van der Waals surface area (Å²) >= 11 is 0. The van der Waals surface area contributed by atoms with Crippen molar-refractivity contribution in [1.82, 2.24) is 5.32 Å². The molecule has 1 saturated carbocycles. The Morgan fingerprint density at radius 2 is 2.10 bits per heavy atom. The first-order chi connectivity index (χ1) is 9.65. The van der Waals surface area contributed by atoms with Crippen LogP contribution in [0.4, 0.5) is 10.1 Å². The van der Waals surface area contributed by atoms with Crippen molar-refractivity contribution in [1.29, 1.82) is 0 Å². The van der Waals surface area contributed by atoms with E-state index in [0.717, 1.165) is 37.3 Å². The molecule has 0 aliphatic heterocycles. The predicted molar refractivity (Wildman–Crippen MR) is 83.6 cm³/mol. The van der Waals surface area contributed by atoms with Crippen LogP contribution in [0.2, 0.25) is 0 Å². The summed E-state index contributed by atoms with van der Waals surface area (Å²) in [5, 5.41) is 3.49. The number of hydrogen-bond donors (Lipinski definition) is 1. The molecule has 0 aromatic heterocycles. The number of para-hydroxylation sites is 1. The van der Waals surface area contributed by atoms with Crippen LogP contribution in [0.1, 0.15) is 45.6 Å². The fourth-order valence-corrected chi connectivity index (χ4v) is 2.48. The summed E-state index contributed by atoms with van der Waals surface area (Å²) in [4.78, 5) is 2.19. The van der Waals surface area contributed by atoms with Gasteiger partial charge in [-0.05, 0) is 37.3 Å². The largest absolute Gasteiger partial charge is 0.369 e. The minimum absolute atomic E-state index is 0.0924. The van der Waals surface area contributed by atoms with Crippen LogP contribution in [0, 0.1) is 11.7 Å². The van der Waals surface area contributed by atoms with Gasteiger partial charge in [0.1, 0.15) is 5.82 Å². The van der Waals surface area contributed by atoms with E-state index in [-0.39, 0.29) is 5.82 Å². The molecule has 1 unspecified atom stereocenters. The van der Waals surface area contributed by atoms with Crippen molar-refractivity contribution < 1.29 is 4.39 Å². The zero-order valence-corrected chi connectivity index (χ0v) is 13.0. The minimum Gasteiger partial charge on any atom is -0.369 e. The highest BCUT2D eigenvalue weighted by Crippen LogP contribution is 2.27. The summed E-state index contributed by atoms with van der Waals surface area (Å²) in [6, 6.07) is 6.10. The van der Waals surface area contributed by atoms with Crippen LogP contribution in [-0.4, -0.2) is 19.1 Å². The Bertz CT molecular complexity index is 429. The van der Waals surface area contributed by atoms with E-state index < -0.39 is 0 Å². The number of rotatable bonds is 8. The first-order valence-corrected chi connectivity index (χ1v) is 7.91. The molecule has 3 heteroatoms. The summed E-state index contributed by atoms with van der Waals surface area (Å²) in [5.41, 5.74) is 1.88. The van der Waals surface area contributed by atoms with Crippen LogP contribution in [-0.2, 0) is 6.54 Å². The van der Waals surface area contributed by atoms with Gasteiger partial charge in [0.15, 0.2) is 0 Å². The van der Waals surface area contributed by atoms with Crippen LogP contribution in [0.3, 0.4) is 0 Å². The van der Waals surface area contributed by atoms with E-state index in [1.807, 2.05) is 12.1 Å². The van der Waals surface area contributed by atoms with E-state index in [1.165, 1.54) is 12.8 Å². The van der Waals surface area contributed by atoms with Crippen molar-refractivity contribution in [3.8, 4) is 0 Å². The molecule has 1 atom stereocenters. The fraction of sp³-hybridized carbons (Fsp3) is 0.647. The molecule has 1 fully saturated rings. The van der Waals surface area contributed by atoms with E-state index in [2.05, 4.69) is 31.0 Å². The molecule has 0 spiro atoms. The van der Waals surface area contributed by atoms with Gasteiger partial charge in [-0.3, -0.25) is 0 Å². The molecule has 2 nitrogen and oxygen atoms in total. The summed E-state index contributed by atoms with van der Waals surface area (Å²) in [7, 11) is 0. The monoisotopic (exact) mass is 278 g/mol. The Hall–Kier alpha value is -1.09. The maximum atomic E-state index is 14.3. The lowest BCUT2D eigenvalue weighted by molar-refractivity contribution is 0.535. The lowest BCUT2D eigenvalue weighted by Gasteiger charge is -2.29. The van der Waals surface area contributed by atoms with Gasteiger partial charge in [0, 0.05) is 25.7 Å². The van der Waals surface area contributed by atoms with Crippen molar-refractivity contribution in [2.75, 3.05) is 18.0 Å². The lowest BCUT2D eigenvalue weighted by Crippen LogP contribution is -2.30. The SMILES string of the molecule is CCC(C)CN(CC)c1c(F)cccc1CNC1CC1. The van der Waals surface area contributed by atoms with Crippen LogP contribution < -0.4 is 10.2 Å². The maximum Gasteiger partial charge on any atom is 0.146 e. The van der Waals surface area contributed by atoms with Crippen LogP contribution in [0.25, 0.3) is 0 Å². The van der Waals surface area contributed by atoms with Crippen LogP contribution in [0.15, 0.2) is 18.2 Å². The Morgan fingerprint density at radius 1 is 1.35 bits per heavy atom. The molecule has 2 rings (SSSR count). The van der Waals surface area contributed by atoms with E-state index in [1.54, 1.807) is 6.07 Å². The first-order valence-electron chi connectivity index (χ1n) is 7.91. The van der Waals surface area contributed by atoms with E-state index in [0.29, 0.717) is 12.0 Å². The molecule has 1 aliphatic rings. The van der Waals surface area contributed by atoms with Gasteiger partial charge in [-0.2, -0.15) is 0 Å². The average Bonchev–Trinajstić information content (AvgIpc) is 3.27. The van der Waals surface area contributed by atoms with Gasteiger partial charge in [0.2, 0.25) is 0 Å². The smallest absolute Gasteiger partial charge is 0.146 e. The molecule has 1 N–H and O–H groups in total. The third kappa shape index (κ3) is 3.95. The molecule has 20 heavy (non-hydrogen) atoms. The van der Waals surface area contributed by atoms with Gasteiger partial charge >= 0.3 is 0 Å². The van der Waals surface area contributed by atoms with Gasteiger partial charge in [0.05, 0.1) is 5.69 Å². The average molecular weight is 278 g/mol. The second-order valence-electron chi connectivity index (χ2n) is 5.95. The minimum atomic E-state index is -0.0924.